The Labute approximate surface area is 161 Å². The molecule has 3 N–H and O–H groups in total. The van der Waals surface area contributed by atoms with Crippen LogP contribution < -0.4 is 19.5 Å². The molecule has 2 aromatic heterocycles. The molecule has 27 heavy (non-hydrogen) atoms. The van der Waals surface area contributed by atoms with E-state index in [1.54, 1.807) is 12.3 Å². The summed E-state index contributed by atoms with van der Waals surface area (Å²) in [6.45, 7) is 4.74. The van der Waals surface area contributed by atoms with Gasteiger partial charge in [-0.3, -0.25) is 0 Å². The van der Waals surface area contributed by atoms with Gasteiger partial charge in [-0.2, -0.15) is 0 Å². The topological polar surface area (TPSA) is 92.2 Å². The van der Waals surface area contributed by atoms with Gasteiger partial charge in [-0.25, -0.2) is 14.4 Å². The average molecular weight is 389 g/mol. The molecule has 7 nitrogen and oxygen atoms in total. The standard InChI is InChI=1S/C18H20FN5O2S/c1-3-25-18-16(6-12(19)8-21-18)27-24-13-7-14-15(4-5-20)23-11(2)10-26-17(14)22-9-13/h4-9,11,20,23-24H,3,10H2,1-2H3/b15-4-,20-5?. The second kappa shape index (κ2) is 8.72. The van der Waals surface area contributed by atoms with Crippen molar-refractivity contribution in [1.29, 1.82) is 5.41 Å². The molecule has 0 radical (unpaired) electrons. The van der Waals surface area contributed by atoms with E-state index in [1.165, 1.54) is 24.2 Å². The Balaban J connectivity index is 1.84. The van der Waals surface area contributed by atoms with E-state index >= 15 is 0 Å². The zero-order chi connectivity index (χ0) is 19.2. The fraction of sp³-hybridized carbons (Fsp3) is 0.278. The monoisotopic (exact) mass is 389 g/mol. The number of hydrogen-bond acceptors (Lipinski definition) is 8. The fourth-order valence-corrected chi connectivity index (χ4v) is 3.18. The lowest BCUT2D eigenvalue weighted by atomic mass is 10.1. The molecule has 0 aromatic carbocycles. The first-order chi connectivity index (χ1) is 13.1. The second-order valence-corrected chi connectivity index (χ2v) is 6.62. The summed E-state index contributed by atoms with van der Waals surface area (Å²) >= 11 is 1.18. The van der Waals surface area contributed by atoms with Crippen LogP contribution in [0.2, 0.25) is 0 Å². The molecule has 142 valence electrons. The van der Waals surface area contributed by atoms with E-state index in [0.717, 1.165) is 17.5 Å². The Morgan fingerprint density at radius 3 is 3.07 bits per heavy atom. The summed E-state index contributed by atoms with van der Waals surface area (Å²) in [6, 6.07) is 3.31. The van der Waals surface area contributed by atoms with Crippen LogP contribution in [0.5, 0.6) is 11.8 Å². The van der Waals surface area contributed by atoms with Gasteiger partial charge < -0.3 is 24.9 Å². The van der Waals surface area contributed by atoms with Crippen molar-refractivity contribution >= 4 is 29.5 Å². The lowest BCUT2D eigenvalue weighted by Gasteiger charge is -2.13. The average Bonchev–Trinajstić information content (AvgIpc) is 2.81. The third kappa shape index (κ3) is 4.68. The second-order valence-electron chi connectivity index (χ2n) is 5.77. The van der Waals surface area contributed by atoms with Crippen LogP contribution in [0.3, 0.4) is 0 Å². The highest BCUT2D eigenvalue weighted by molar-refractivity contribution is 8.00. The molecule has 0 amide bonds. The Kier molecular flexibility index (Phi) is 6.12. The number of allylic oxidation sites excluding steroid dienone is 1. The van der Waals surface area contributed by atoms with Crippen molar-refractivity contribution in [2.45, 2.75) is 24.8 Å². The van der Waals surface area contributed by atoms with Gasteiger partial charge in [0.15, 0.2) is 0 Å². The molecule has 3 rings (SSSR count). The molecule has 0 spiro atoms. The molecule has 0 fully saturated rings. The highest BCUT2D eigenvalue weighted by Gasteiger charge is 2.19. The molecular weight excluding hydrogens is 369 g/mol. The third-order valence-corrected chi connectivity index (χ3v) is 4.46. The van der Waals surface area contributed by atoms with E-state index < -0.39 is 5.82 Å². The normalized spacial score (nSPS) is 17.3. The van der Waals surface area contributed by atoms with Crippen molar-refractivity contribution < 1.29 is 13.9 Å². The lowest BCUT2D eigenvalue weighted by molar-refractivity contribution is 0.282. The maximum atomic E-state index is 13.5. The summed E-state index contributed by atoms with van der Waals surface area (Å²) in [5.41, 5.74) is 2.20. The number of ether oxygens (including phenoxy) is 2. The van der Waals surface area contributed by atoms with Crippen molar-refractivity contribution in [3.05, 3.63) is 42.0 Å². The fourth-order valence-electron chi connectivity index (χ4n) is 2.47. The van der Waals surface area contributed by atoms with Gasteiger partial charge >= 0.3 is 0 Å². The van der Waals surface area contributed by atoms with Crippen molar-refractivity contribution in [2.24, 2.45) is 0 Å². The molecule has 1 unspecified atom stereocenters. The first-order valence-electron chi connectivity index (χ1n) is 8.42. The molecule has 1 aliphatic heterocycles. The molecule has 9 heteroatoms. The first kappa shape index (κ1) is 19.0. The van der Waals surface area contributed by atoms with Crippen LogP contribution in [0.1, 0.15) is 19.4 Å². The van der Waals surface area contributed by atoms with Crippen LogP contribution >= 0.6 is 11.9 Å². The number of rotatable bonds is 6. The predicted molar refractivity (Wildman–Crippen MR) is 104 cm³/mol. The maximum absolute atomic E-state index is 13.5. The van der Waals surface area contributed by atoms with E-state index in [0.29, 0.717) is 35.6 Å². The number of nitrogens with zero attached hydrogens (tertiary/aromatic N) is 2. The molecule has 0 saturated carbocycles. The number of halogens is 1. The van der Waals surface area contributed by atoms with E-state index in [4.69, 9.17) is 14.9 Å². The summed E-state index contributed by atoms with van der Waals surface area (Å²) < 4.78 is 27.8. The van der Waals surface area contributed by atoms with Gasteiger partial charge in [-0.15, -0.1) is 0 Å². The van der Waals surface area contributed by atoms with Crippen LogP contribution in [0.15, 0.2) is 35.5 Å². The number of fused-ring (bicyclic) bond motifs is 1. The SMILES string of the molecule is CCOc1ncc(F)cc1SNc1cnc2c(c1)/C(=C/C=N)NC(C)CO2. The van der Waals surface area contributed by atoms with Gasteiger partial charge in [0, 0.05) is 11.9 Å². The summed E-state index contributed by atoms with van der Waals surface area (Å²) in [5.74, 6) is 0.422. The number of aromatic nitrogens is 2. The molecule has 1 atom stereocenters. The zero-order valence-electron chi connectivity index (χ0n) is 15.0. The Bertz CT molecular complexity index is 862. The van der Waals surface area contributed by atoms with Crippen molar-refractivity contribution in [3.63, 3.8) is 0 Å². The zero-order valence-corrected chi connectivity index (χ0v) is 15.8. The highest BCUT2D eigenvalue weighted by atomic mass is 32.2. The third-order valence-electron chi connectivity index (χ3n) is 3.61. The minimum atomic E-state index is -0.439. The number of hydrogen-bond donors (Lipinski definition) is 3. The molecular formula is C18H20FN5O2S. The van der Waals surface area contributed by atoms with Gasteiger partial charge in [0.1, 0.15) is 12.4 Å². The number of anilines is 1. The summed E-state index contributed by atoms with van der Waals surface area (Å²) in [5, 5.41) is 10.7. The largest absolute Gasteiger partial charge is 0.477 e. The van der Waals surface area contributed by atoms with Gasteiger partial charge in [0.25, 0.3) is 0 Å². The maximum Gasteiger partial charge on any atom is 0.229 e. The lowest BCUT2D eigenvalue weighted by Crippen LogP contribution is -2.27. The van der Waals surface area contributed by atoms with Crippen molar-refractivity contribution in [1.82, 2.24) is 15.3 Å². The van der Waals surface area contributed by atoms with Crippen LogP contribution in [-0.2, 0) is 0 Å². The van der Waals surface area contributed by atoms with Gasteiger partial charge in [-0.1, -0.05) is 0 Å². The van der Waals surface area contributed by atoms with Crippen LogP contribution in [0.4, 0.5) is 10.1 Å². The van der Waals surface area contributed by atoms with Gasteiger partial charge in [0.05, 0.1) is 41.2 Å². The summed E-state index contributed by atoms with van der Waals surface area (Å²) in [7, 11) is 0. The van der Waals surface area contributed by atoms with Crippen LogP contribution in [0.25, 0.3) is 5.70 Å². The highest BCUT2D eigenvalue weighted by Crippen LogP contribution is 2.32. The molecule has 3 heterocycles. The quantitative estimate of drug-likeness (QED) is 0.514. The van der Waals surface area contributed by atoms with Crippen LogP contribution in [-0.4, -0.2) is 35.4 Å². The number of pyridine rings is 2. The van der Waals surface area contributed by atoms with E-state index in [1.807, 2.05) is 19.9 Å². The van der Waals surface area contributed by atoms with E-state index in [2.05, 4.69) is 20.0 Å². The molecule has 0 bridgehead atoms. The van der Waals surface area contributed by atoms with E-state index in [9.17, 15) is 4.39 Å². The Morgan fingerprint density at radius 2 is 2.30 bits per heavy atom. The van der Waals surface area contributed by atoms with Gasteiger partial charge in [0.2, 0.25) is 11.8 Å². The molecule has 0 aliphatic carbocycles. The first-order valence-corrected chi connectivity index (χ1v) is 9.24. The molecule has 2 aromatic rings. The minimum absolute atomic E-state index is 0.0864. The van der Waals surface area contributed by atoms with Crippen molar-refractivity contribution in [2.75, 3.05) is 17.9 Å². The van der Waals surface area contributed by atoms with Crippen molar-refractivity contribution in [3.8, 4) is 11.8 Å². The molecule has 0 saturated heterocycles. The number of nitrogens with one attached hydrogen (secondary N) is 3. The minimum Gasteiger partial charge on any atom is -0.477 e. The summed E-state index contributed by atoms with van der Waals surface area (Å²) in [6.07, 6.45) is 5.63. The predicted octanol–water partition coefficient (Wildman–Crippen LogP) is 3.49. The van der Waals surface area contributed by atoms with Crippen LogP contribution in [0, 0.1) is 11.2 Å². The van der Waals surface area contributed by atoms with Gasteiger partial charge in [-0.05, 0) is 44.0 Å². The molecule has 1 aliphatic rings. The Morgan fingerprint density at radius 1 is 1.44 bits per heavy atom. The smallest absolute Gasteiger partial charge is 0.229 e. The van der Waals surface area contributed by atoms with E-state index in [-0.39, 0.29) is 6.04 Å². The Hall–Kier alpha value is -2.81. The summed E-state index contributed by atoms with van der Waals surface area (Å²) in [4.78, 5) is 8.86.